The Morgan fingerprint density at radius 3 is 2.06 bits per heavy atom. The third-order valence-corrected chi connectivity index (χ3v) is 6.73. The molecule has 2 saturated heterocycles. The molecule has 2 aromatic rings. The number of likely N-dealkylation sites (tertiary alicyclic amines) is 1. The Hall–Kier alpha value is -2.73. The number of alkyl halides is 6. The molecule has 2 aliphatic rings. The number of benzene rings is 1. The van der Waals surface area contributed by atoms with Crippen molar-refractivity contribution in [2.75, 3.05) is 52.9 Å². The molecule has 2 aliphatic heterocycles. The fraction of sp³-hybridized carbons (Fsp3) is 0.542. The van der Waals surface area contributed by atoms with E-state index >= 15 is 0 Å². The quantitative estimate of drug-likeness (QED) is 0.569. The van der Waals surface area contributed by atoms with Crippen LogP contribution in [0.4, 0.5) is 26.3 Å². The van der Waals surface area contributed by atoms with Gasteiger partial charge in [-0.15, -0.1) is 0 Å². The molecule has 2 fully saturated rings. The third kappa shape index (κ3) is 6.33. The summed E-state index contributed by atoms with van der Waals surface area (Å²) in [4.78, 5) is 27.1. The summed E-state index contributed by atoms with van der Waals surface area (Å²) >= 11 is 0. The van der Waals surface area contributed by atoms with E-state index in [0.717, 1.165) is 32.5 Å². The van der Waals surface area contributed by atoms with Crippen LogP contribution in [0.3, 0.4) is 0 Å². The molecule has 4 rings (SSSR count). The summed E-state index contributed by atoms with van der Waals surface area (Å²) in [5, 5.41) is 0. The van der Waals surface area contributed by atoms with Crippen LogP contribution in [0.25, 0.3) is 11.4 Å². The average molecular weight is 516 g/mol. The van der Waals surface area contributed by atoms with Gasteiger partial charge in [0, 0.05) is 44.5 Å². The molecule has 0 saturated carbocycles. The van der Waals surface area contributed by atoms with Crippen LogP contribution in [0.2, 0.25) is 0 Å². The van der Waals surface area contributed by atoms with Crippen molar-refractivity contribution in [3.63, 3.8) is 0 Å². The molecule has 6 nitrogen and oxygen atoms in total. The number of hydrogen-bond donors (Lipinski definition) is 0. The topological polar surface area (TPSA) is 52.6 Å². The Kier molecular flexibility index (Phi) is 7.56. The smallest absolute Gasteiger partial charge is 0.335 e. The van der Waals surface area contributed by atoms with E-state index in [1.165, 1.54) is 12.3 Å². The highest BCUT2D eigenvalue weighted by molar-refractivity contribution is 5.92. The fourth-order valence-corrected chi connectivity index (χ4v) is 4.61. The molecule has 0 atom stereocenters. The first kappa shape index (κ1) is 26.3. The van der Waals surface area contributed by atoms with E-state index in [2.05, 4.69) is 26.8 Å². The van der Waals surface area contributed by atoms with Crippen LogP contribution >= 0.6 is 0 Å². The molecule has 12 heteroatoms. The van der Waals surface area contributed by atoms with Gasteiger partial charge in [0.05, 0.1) is 11.1 Å². The summed E-state index contributed by atoms with van der Waals surface area (Å²) < 4.78 is 79.3. The molecule has 1 amide bonds. The molecular formula is C24H27F6N5O. The minimum absolute atomic E-state index is 0.0452. The lowest BCUT2D eigenvalue weighted by Gasteiger charge is -2.38. The van der Waals surface area contributed by atoms with Gasteiger partial charge in [-0.3, -0.25) is 9.69 Å². The Bertz CT molecular complexity index is 1040. The maximum atomic E-state index is 13.2. The second-order valence-electron chi connectivity index (χ2n) is 9.40. The zero-order valence-electron chi connectivity index (χ0n) is 19.7. The number of aromatic nitrogens is 2. The minimum Gasteiger partial charge on any atom is -0.335 e. The number of carbonyl (C=O) groups excluding carboxylic acids is 1. The summed E-state index contributed by atoms with van der Waals surface area (Å²) in [6.45, 7) is 5.45. The van der Waals surface area contributed by atoms with Gasteiger partial charge in [-0.1, -0.05) is 0 Å². The van der Waals surface area contributed by atoms with Crippen LogP contribution in [-0.2, 0) is 12.4 Å². The predicted molar refractivity (Wildman–Crippen MR) is 120 cm³/mol. The molecule has 0 N–H and O–H groups in total. The van der Waals surface area contributed by atoms with E-state index in [1.807, 2.05) is 0 Å². The molecule has 1 aromatic carbocycles. The molecule has 1 aromatic heterocycles. The van der Waals surface area contributed by atoms with Crippen molar-refractivity contribution in [3.05, 3.63) is 47.3 Å². The third-order valence-electron chi connectivity index (χ3n) is 6.73. The Balaban J connectivity index is 1.46. The summed E-state index contributed by atoms with van der Waals surface area (Å²) in [7, 11) is 2.11. The van der Waals surface area contributed by atoms with Gasteiger partial charge in [-0.25, -0.2) is 9.97 Å². The number of piperidine rings is 1. The monoisotopic (exact) mass is 515 g/mol. The second-order valence-corrected chi connectivity index (χ2v) is 9.40. The maximum absolute atomic E-state index is 13.2. The fourth-order valence-electron chi connectivity index (χ4n) is 4.61. The van der Waals surface area contributed by atoms with E-state index in [9.17, 15) is 31.1 Å². The van der Waals surface area contributed by atoms with Gasteiger partial charge in [-0.2, -0.15) is 26.3 Å². The summed E-state index contributed by atoms with van der Waals surface area (Å²) in [6, 6.07) is 2.47. The largest absolute Gasteiger partial charge is 0.416 e. The molecule has 3 heterocycles. The van der Waals surface area contributed by atoms with Crippen LogP contribution in [0.1, 0.15) is 34.5 Å². The van der Waals surface area contributed by atoms with Gasteiger partial charge in [0.2, 0.25) is 0 Å². The summed E-state index contributed by atoms with van der Waals surface area (Å²) in [5.41, 5.74) is -3.47. The van der Waals surface area contributed by atoms with E-state index < -0.39 is 35.0 Å². The molecule has 196 valence electrons. The number of nitrogens with zero attached hydrogens (tertiary/aromatic N) is 5. The van der Waals surface area contributed by atoms with Crippen molar-refractivity contribution in [2.24, 2.45) is 5.92 Å². The molecule has 0 radical (unpaired) electrons. The second kappa shape index (κ2) is 10.3. The van der Waals surface area contributed by atoms with Gasteiger partial charge in [0.25, 0.3) is 5.91 Å². The molecular weight excluding hydrogens is 488 g/mol. The number of hydrogen-bond acceptors (Lipinski definition) is 5. The SMILES string of the molecule is CN1CCC(CN2CCN(C(=O)c3ccnc(-c4cc(C(F)(F)F)cc(C(F)(F)F)c4)n3)CC2)CC1. The van der Waals surface area contributed by atoms with Gasteiger partial charge in [-0.05, 0) is 63.2 Å². The predicted octanol–water partition coefficient (Wildman–Crippen LogP) is 4.28. The standard InChI is InChI=1S/C24H27F6N5O/c1-33-6-3-16(4-7-33)15-34-8-10-35(11-9-34)22(36)20-2-5-31-21(32-20)17-12-18(23(25,26)27)14-19(13-17)24(28,29)30/h2,5,12-14,16H,3-4,6-11,15H2,1H3. The molecule has 0 bridgehead atoms. The Labute approximate surface area is 204 Å². The lowest BCUT2D eigenvalue weighted by molar-refractivity contribution is -0.143. The number of carbonyl (C=O) groups is 1. The van der Waals surface area contributed by atoms with Crippen molar-refractivity contribution in [1.29, 1.82) is 0 Å². The van der Waals surface area contributed by atoms with Crippen LogP contribution < -0.4 is 0 Å². The van der Waals surface area contributed by atoms with Crippen LogP contribution in [0, 0.1) is 5.92 Å². The van der Waals surface area contributed by atoms with Crippen LogP contribution in [-0.4, -0.2) is 83.4 Å². The normalized spacial score (nSPS) is 19.0. The van der Waals surface area contributed by atoms with Crippen LogP contribution in [0.15, 0.2) is 30.5 Å². The maximum Gasteiger partial charge on any atom is 0.416 e. The number of rotatable bonds is 4. The lowest BCUT2D eigenvalue weighted by Crippen LogP contribution is -2.50. The number of amides is 1. The molecule has 36 heavy (non-hydrogen) atoms. The zero-order chi connectivity index (χ0) is 26.1. The average Bonchev–Trinajstić information content (AvgIpc) is 2.84. The highest BCUT2D eigenvalue weighted by Crippen LogP contribution is 2.38. The highest BCUT2D eigenvalue weighted by atomic mass is 19.4. The van der Waals surface area contributed by atoms with Crippen molar-refractivity contribution in [3.8, 4) is 11.4 Å². The highest BCUT2D eigenvalue weighted by Gasteiger charge is 2.37. The van der Waals surface area contributed by atoms with Gasteiger partial charge in [0.1, 0.15) is 5.69 Å². The first-order valence-electron chi connectivity index (χ1n) is 11.7. The van der Waals surface area contributed by atoms with E-state index in [4.69, 9.17) is 0 Å². The summed E-state index contributed by atoms with van der Waals surface area (Å²) in [6.07, 6.45) is -6.53. The Morgan fingerprint density at radius 1 is 0.917 bits per heavy atom. The number of piperazine rings is 1. The Morgan fingerprint density at radius 2 is 1.50 bits per heavy atom. The van der Waals surface area contributed by atoms with Crippen LogP contribution in [0.5, 0.6) is 0 Å². The van der Waals surface area contributed by atoms with E-state index in [0.29, 0.717) is 44.2 Å². The van der Waals surface area contributed by atoms with Crippen molar-refractivity contribution in [2.45, 2.75) is 25.2 Å². The van der Waals surface area contributed by atoms with Crippen molar-refractivity contribution in [1.82, 2.24) is 24.7 Å². The molecule has 0 spiro atoms. The molecule has 0 aliphatic carbocycles. The zero-order valence-corrected chi connectivity index (χ0v) is 19.7. The first-order chi connectivity index (χ1) is 16.9. The first-order valence-corrected chi connectivity index (χ1v) is 11.7. The minimum atomic E-state index is -4.99. The van der Waals surface area contributed by atoms with Crippen molar-refractivity contribution >= 4 is 5.91 Å². The van der Waals surface area contributed by atoms with Gasteiger partial charge in [0.15, 0.2) is 5.82 Å². The van der Waals surface area contributed by atoms with Crippen molar-refractivity contribution < 1.29 is 31.1 Å². The van der Waals surface area contributed by atoms with Gasteiger partial charge >= 0.3 is 12.4 Å². The lowest BCUT2D eigenvalue weighted by atomic mass is 9.96. The molecule has 0 unspecified atom stereocenters. The van der Waals surface area contributed by atoms with Gasteiger partial charge < -0.3 is 9.80 Å². The van der Waals surface area contributed by atoms with E-state index in [-0.39, 0.29) is 17.6 Å². The number of halogens is 6. The summed E-state index contributed by atoms with van der Waals surface area (Å²) in [5.74, 6) is -0.180. The van der Waals surface area contributed by atoms with E-state index in [1.54, 1.807) is 4.90 Å².